The van der Waals surface area contributed by atoms with Crippen LogP contribution >= 0.6 is 0 Å². The van der Waals surface area contributed by atoms with E-state index in [1.807, 2.05) is 0 Å². The first-order valence-electron chi connectivity index (χ1n) is 7.87. The van der Waals surface area contributed by atoms with Crippen LogP contribution < -0.4 is 5.32 Å². The summed E-state index contributed by atoms with van der Waals surface area (Å²) in [5.74, 6) is 0. The van der Waals surface area contributed by atoms with Crippen molar-refractivity contribution in [1.82, 2.24) is 9.88 Å². The topological polar surface area (TPSA) is 26.2 Å². The molecule has 0 radical (unpaired) electrons. The third kappa shape index (κ3) is 3.04. The summed E-state index contributed by atoms with van der Waals surface area (Å²) >= 11 is 0. The zero-order valence-electron chi connectivity index (χ0n) is 12.9. The highest BCUT2D eigenvalue weighted by Gasteiger charge is 2.22. The number of benzene rings is 1. The first-order valence-corrected chi connectivity index (χ1v) is 7.87. The van der Waals surface area contributed by atoms with Gasteiger partial charge in [0.25, 0.3) is 0 Å². The van der Waals surface area contributed by atoms with Crippen molar-refractivity contribution in [1.29, 1.82) is 0 Å². The van der Waals surface area contributed by atoms with Gasteiger partial charge in [-0.1, -0.05) is 31.2 Å². The standard InChI is InChI=1S/C18H24N2O/c1-3-19-14(2)17-9-6-11-20(17)13-18-16-8-5-4-7-15(16)10-12-21-18/h4-9,11,14,18-19H,3,10,12-13H2,1-2H3. The van der Waals surface area contributed by atoms with Crippen molar-refractivity contribution in [2.24, 2.45) is 0 Å². The van der Waals surface area contributed by atoms with E-state index in [-0.39, 0.29) is 6.10 Å². The Hall–Kier alpha value is -1.58. The maximum absolute atomic E-state index is 6.03. The van der Waals surface area contributed by atoms with Crippen LogP contribution in [0.15, 0.2) is 42.6 Å². The van der Waals surface area contributed by atoms with Gasteiger partial charge in [-0.2, -0.15) is 0 Å². The number of nitrogens with one attached hydrogen (secondary N) is 1. The molecule has 0 fully saturated rings. The first kappa shape index (κ1) is 14.4. The second-order valence-corrected chi connectivity index (χ2v) is 5.67. The highest BCUT2D eigenvalue weighted by atomic mass is 16.5. The highest BCUT2D eigenvalue weighted by molar-refractivity contribution is 5.31. The molecule has 3 heteroatoms. The van der Waals surface area contributed by atoms with Gasteiger partial charge in [-0.15, -0.1) is 0 Å². The van der Waals surface area contributed by atoms with Gasteiger partial charge in [-0.3, -0.25) is 0 Å². The van der Waals surface area contributed by atoms with E-state index < -0.39 is 0 Å². The van der Waals surface area contributed by atoms with E-state index in [0.717, 1.165) is 26.1 Å². The van der Waals surface area contributed by atoms with E-state index in [9.17, 15) is 0 Å². The van der Waals surface area contributed by atoms with Crippen LogP contribution in [0.25, 0.3) is 0 Å². The van der Waals surface area contributed by atoms with Crippen LogP contribution in [0.4, 0.5) is 0 Å². The molecule has 1 aliphatic heterocycles. The zero-order chi connectivity index (χ0) is 14.7. The maximum Gasteiger partial charge on any atom is 0.101 e. The molecule has 0 saturated heterocycles. The van der Waals surface area contributed by atoms with Crippen LogP contribution in [0.5, 0.6) is 0 Å². The summed E-state index contributed by atoms with van der Waals surface area (Å²) in [4.78, 5) is 0. The molecule has 21 heavy (non-hydrogen) atoms. The van der Waals surface area contributed by atoms with Crippen molar-refractivity contribution in [2.45, 2.75) is 39.0 Å². The SMILES string of the molecule is CCNC(C)c1cccn1CC1OCCc2ccccc21. The Morgan fingerprint density at radius 3 is 3.00 bits per heavy atom. The molecule has 3 rings (SSSR count). The van der Waals surface area contributed by atoms with Gasteiger partial charge in [0.05, 0.1) is 13.2 Å². The van der Waals surface area contributed by atoms with Crippen molar-refractivity contribution in [3.05, 3.63) is 59.4 Å². The van der Waals surface area contributed by atoms with E-state index in [1.165, 1.54) is 16.8 Å². The molecular weight excluding hydrogens is 260 g/mol. The van der Waals surface area contributed by atoms with Crippen molar-refractivity contribution in [3.8, 4) is 0 Å². The predicted molar refractivity (Wildman–Crippen MR) is 85.4 cm³/mol. The van der Waals surface area contributed by atoms with Crippen LogP contribution in [0, 0.1) is 0 Å². The molecule has 0 bridgehead atoms. The third-order valence-electron chi connectivity index (χ3n) is 4.27. The fourth-order valence-corrected chi connectivity index (χ4v) is 3.20. The molecule has 1 aromatic carbocycles. The van der Waals surface area contributed by atoms with Gasteiger partial charge in [0.15, 0.2) is 0 Å². The Morgan fingerprint density at radius 2 is 2.14 bits per heavy atom. The normalized spacial score (nSPS) is 19.2. The number of hydrogen-bond donors (Lipinski definition) is 1. The van der Waals surface area contributed by atoms with Gasteiger partial charge in [0, 0.05) is 17.9 Å². The molecule has 0 aliphatic carbocycles. The van der Waals surface area contributed by atoms with Crippen LogP contribution in [0.1, 0.15) is 42.8 Å². The Morgan fingerprint density at radius 1 is 1.29 bits per heavy atom. The van der Waals surface area contributed by atoms with Crippen molar-refractivity contribution in [3.63, 3.8) is 0 Å². The Balaban J connectivity index is 1.81. The average molecular weight is 284 g/mol. The van der Waals surface area contributed by atoms with Crippen LogP contribution in [0.3, 0.4) is 0 Å². The molecule has 3 nitrogen and oxygen atoms in total. The molecule has 112 valence electrons. The van der Waals surface area contributed by atoms with Crippen LogP contribution in [-0.2, 0) is 17.7 Å². The second-order valence-electron chi connectivity index (χ2n) is 5.67. The lowest BCUT2D eigenvalue weighted by molar-refractivity contribution is 0.0300. The second kappa shape index (κ2) is 6.46. The quantitative estimate of drug-likeness (QED) is 0.910. The highest BCUT2D eigenvalue weighted by Crippen LogP contribution is 2.29. The lowest BCUT2D eigenvalue weighted by Crippen LogP contribution is -2.24. The Bertz CT molecular complexity index is 590. The minimum atomic E-state index is 0.162. The summed E-state index contributed by atoms with van der Waals surface area (Å²) in [6.45, 7) is 7.04. The van der Waals surface area contributed by atoms with Gasteiger partial charge in [-0.25, -0.2) is 0 Å². The van der Waals surface area contributed by atoms with Gasteiger partial charge >= 0.3 is 0 Å². The summed E-state index contributed by atoms with van der Waals surface area (Å²) in [7, 11) is 0. The number of aromatic nitrogens is 1. The minimum absolute atomic E-state index is 0.162. The number of hydrogen-bond acceptors (Lipinski definition) is 2. The largest absolute Gasteiger partial charge is 0.371 e. The molecule has 1 aliphatic rings. The number of fused-ring (bicyclic) bond motifs is 1. The molecule has 0 saturated carbocycles. The number of nitrogens with zero attached hydrogens (tertiary/aromatic N) is 1. The fourth-order valence-electron chi connectivity index (χ4n) is 3.20. The summed E-state index contributed by atoms with van der Waals surface area (Å²) in [5.41, 5.74) is 4.10. The molecule has 2 heterocycles. The predicted octanol–water partition coefficient (Wildman–Crippen LogP) is 3.47. The van der Waals surface area contributed by atoms with Gasteiger partial charge < -0.3 is 14.6 Å². The molecule has 1 N–H and O–H groups in total. The van der Waals surface area contributed by atoms with Crippen molar-refractivity contribution < 1.29 is 4.74 Å². The minimum Gasteiger partial charge on any atom is -0.371 e. The summed E-state index contributed by atoms with van der Waals surface area (Å²) < 4.78 is 8.35. The van der Waals surface area contributed by atoms with E-state index >= 15 is 0 Å². The lowest BCUT2D eigenvalue weighted by Gasteiger charge is -2.28. The molecule has 2 atom stereocenters. The monoisotopic (exact) mass is 284 g/mol. The zero-order valence-corrected chi connectivity index (χ0v) is 12.9. The first-order chi connectivity index (χ1) is 10.3. The molecular formula is C18H24N2O. The fraction of sp³-hybridized carbons (Fsp3) is 0.444. The van der Waals surface area contributed by atoms with Gasteiger partial charge in [0.2, 0.25) is 0 Å². The number of ether oxygens (including phenoxy) is 1. The lowest BCUT2D eigenvalue weighted by atomic mass is 9.97. The van der Waals surface area contributed by atoms with Gasteiger partial charge in [-0.05, 0) is 43.1 Å². The summed E-state index contributed by atoms with van der Waals surface area (Å²) in [6, 6.07) is 13.3. The smallest absolute Gasteiger partial charge is 0.101 e. The molecule has 2 aromatic rings. The molecule has 1 aromatic heterocycles. The van der Waals surface area contributed by atoms with Crippen LogP contribution in [-0.4, -0.2) is 17.7 Å². The third-order valence-corrected chi connectivity index (χ3v) is 4.27. The Labute approximate surface area is 126 Å². The van der Waals surface area contributed by atoms with E-state index in [2.05, 4.69) is 66.3 Å². The van der Waals surface area contributed by atoms with Crippen LogP contribution in [0.2, 0.25) is 0 Å². The summed E-state index contributed by atoms with van der Waals surface area (Å²) in [5, 5.41) is 3.48. The number of rotatable bonds is 5. The van der Waals surface area contributed by atoms with Gasteiger partial charge in [0.1, 0.15) is 6.10 Å². The Kier molecular flexibility index (Phi) is 4.42. The maximum atomic E-state index is 6.03. The van der Waals surface area contributed by atoms with E-state index in [0.29, 0.717) is 6.04 Å². The molecule has 0 amide bonds. The average Bonchev–Trinajstić information content (AvgIpc) is 2.96. The molecule has 0 spiro atoms. The van der Waals surface area contributed by atoms with E-state index in [4.69, 9.17) is 4.74 Å². The van der Waals surface area contributed by atoms with Crippen molar-refractivity contribution >= 4 is 0 Å². The van der Waals surface area contributed by atoms with E-state index in [1.54, 1.807) is 0 Å². The van der Waals surface area contributed by atoms with Crippen molar-refractivity contribution in [2.75, 3.05) is 13.2 Å². The summed E-state index contributed by atoms with van der Waals surface area (Å²) in [6.07, 6.45) is 3.35. The molecule has 2 unspecified atom stereocenters.